The number of likely N-dealkylation sites (N-methyl/N-ethyl adjacent to an activating group) is 1. The van der Waals surface area contributed by atoms with E-state index in [9.17, 15) is 14.0 Å². The van der Waals surface area contributed by atoms with E-state index >= 15 is 0 Å². The van der Waals surface area contributed by atoms with Crippen LogP contribution in [0.15, 0.2) is 18.2 Å². The van der Waals surface area contributed by atoms with E-state index in [0.29, 0.717) is 5.69 Å². The highest BCUT2D eigenvalue weighted by Crippen LogP contribution is 2.28. The molecule has 17 heavy (non-hydrogen) atoms. The lowest BCUT2D eigenvalue weighted by Crippen LogP contribution is -2.31. The van der Waals surface area contributed by atoms with E-state index in [2.05, 4.69) is 5.32 Å². The van der Waals surface area contributed by atoms with E-state index in [1.807, 2.05) is 0 Å². The highest BCUT2D eigenvalue weighted by molar-refractivity contribution is 8.15. The first kappa shape index (κ1) is 12.2. The first-order valence-electron chi connectivity index (χ1n) is 4.69. The number of thioether (sulfide) groups is 1. The lowest BCUT2D eigenvalue weighted by molar-refractivity contribution is -0.125. The topological polar surface area (TPSA) is 49.4 Å². The highest BCUT2D eigenvalue weighted by atomic mass is 35.5. The van der Waals surface area contributed by atoms with Crippen LogP contribution in [0.5, 0.6) is 0 Å². The van der Waals surface area contributed by atoms with E-state index in [4.69, 9.17) is 11.6 Å². The van der Waals surface area contributed by atoms with Crippen LogP contribution in [-0.4, -0.2) is 28.5 Å². The van der Waals surface area contributed by atoms with E-state index in [1.54, 1.807) is 0 Å². The summed E-state index contributed by atoms with van der Waals surface area (Å²) in [5, 5.41) is 1.78. The Morgan fingerprint density at radius 1 is 1.47 bits per heavy atom. The van der Waals surface area contributed by atoms with Crippen LogP contribution < -0.4 is 5.32 Å². The van der Waals surface area contributed by atoms with Crippen LogP contribution in [0.2, 0.25) is 5.02 Å². The second-order valence-electron chi connectivity index (χ2n) is 3.43. The average Bonchev–Trinajstić information content (AvgIpc) is 2.52. The van der Waals surface area contributed by atoms with Gasteiger partial charge in [-0.2, -0.15) is 0 Å². The molecule has 1 heterocycles. The number of rotatable bonds is 2. The lowest BCUT2D eigenvalue weighted by atomic mass is 10.3. The minimum Gasteiger partial charge on any atom is -0.365 e. The standard InChI is InChI=1S/C10H8ClFN2O2S/c1-14-9(15)8(17-10(14)16)13-5-2-3-7(12)6(11)4-5/h2-4,8,13H,1H3/t8-/m1/s1. The molecule has 0 unspecified atom stereocenters. The van der Waals surface area contributed by atoms with Crippen LogP contribution >= 0.6 is 23.4 Å². The Morgan fingerprint density at radius 2 is 2.18 bits per heavy atom. The summed E-state index contributed by atoms with van der Waals surface area (Å²) < 4.78 is 12.9. The number of hydrogen-bond acceptors (Lipinski definition) is 4. The third kappa shape index (κ3) is 2.37. The Labute approximate surface area is 106 Å². The summed E-state index contributed by atoms with van der Waals surface area (Å²) >= 11 is 6.49. The van der Waals surface area contributed by atoms with Gasteiger partial charge in [0, 0.05) is 12.7 Å². The van der Waals surface area contributed by atoms with Crippen molar-refractivity contribution >= 4 is 40.2 Å². The minimum atomic E-state index is -0.686. The fourth-order valence-electron chi connectivity index (χ4n) is 1.32. The molecular formula is C10H8ClFN2O2S. The van der Waals surface area contributed by atoms with Gasteiger partial charge < -0.3 is 5.32 Å². The predicted molar refractivity (Wildman–Crippen MR) is 64.6 cm³/mol. The molecule has 1 aromatic carbocycles. The van der Waals surface area contributed by atoms with Crippen LogP contribution in [0.3, 0.4) is 0 Å². The van der Waals surface area contributed by atoms with Crippen molar-refractivity contribution in [3.05, 3.63) is 29.0 Å². The summed E-state index contributed by atoms with van der Waals surface area (Å²) in [5.41, 5.74) is 0.491. The van der Waals surface area contributed by atoms with Crippen molar-refractivity contribution < 1.29 is 14.0 Å². The number of hydrogen-bond donors (Lipinski definition) is 1. The maximum Gasteiger partial charge on any atom is 0.290 e. The van der Waals surface area contributed by atoms with Gasteiger partial charge in [-0.1, -0.05) is 11.6 Å². The quantitative estimate of drug-likeness (QED) is 0.900. The number of amides is 2. The monoisotopic (exact) mass is 274 g/mol. The summed E-state index contributed by atoms with van der Waals surface area (Å²) in [7, 11) is 1.41. The van der Waals surface area contributed by atoms with Gasteiger partial charge in [0.1, 0.15) is 5.82 Å². The van der Waals surface area contributed by atoms with Crippen molar-refractivity contribution in [2.75, 3.05) is 12.4 Å². The van der Waals surface area contributed by atoms with Crippen LogP contribution in [0.4, 0.5) is 14.9 Å². The van der Waals surface area contributed by atoms with Crippen molar-refractivity contribution in [1.29, 1.82) is 0 Å². The molecule has 1 aliphatic rings. The molecule has 0 aliphatic carbocycles. The van der Waals surface area contributed by atoms with Crippen molar-refractivity contribution in [2.24, 2.45) is 0 Å². The second-order valence-corrected chi connectivity index (χ2v) is 4.90. The predicted octanol–water partition coefficient (Wildman–Crippen LogP) is 2.54. The van der Waals surface area contributed by atoms with Gasteiger partial charge in [-0.25, -0.2) is 4.39 Å². The maximum absolute atomic E-state index is 12.9. The Morgan fingerprint density at radius 3 is 2.71 bits per heavy atom. The summed E-state index contributed by atoms with van der Waals surface area (Å²) in [6, 6.07) is 4.02. The summed E-state index contributed by atoms with van der Waals surface area (Å²) in [6.45, 7) is 0. The van der Waals surface area contributed by atoms with Crippen molar-refractivity contribution in [3.63, 3.8) is 0 Å². The molecule has 0 saturated carbocycles. The average molecular weight is 275 g/mol. The molecule has 0 spiro atoms. The van der Waals surface area contributed by atoms with Gasteiger partial charge in [0.2, 0.25) is 0 Å². The lowest BCUT2D eigenvalue weighted by Gasteiger charge is -2.11. The third-order valence-electron chi connectivity index (χ3n) is 2.26. The SMILES string of the molecule is CN1C(=O)S[C@@H](Nc2ccc(F)c(Cl)c2)C1=O. The van der Waals surface area contributed by atoms with Crippen LogP contribution in [0.1, 0.15) is 0 Å². The van der Waals surface area contributed by atoms with Gasteiger partial charge >= 0.3 is 0 Å². The minimum absolute atomic E-state index is 0.0369. The number of carbonyl (C=O) groups is 2. The van der Waals surface area contributed by atoms with E-state index < -0.39 is 11.2 Å². The van der Waals surface area contributed by atoms with E-state index in [0.717, 1.165) is 16.7 Å². The summed E-state index contributed by atoms with van der Waals surface area (Å²) in [6.07, 6.45) is 0. The zero-order valence-electron chi connectivity index (χ0n) is 8.74. The number of halogens is 2. The molecule has 90 valence electrons. The summed E-state index contributed by atoms with van der Waals surface area (Å²) in [5.74, 6) is -0.865. The van der Waals surface area contributed by atoms with Gasteiger partial charge in [0.25, 0.3) is 11.1 Å². The number of imide groups is 1. The van der Waals surface area contributed by atoms with Crippen molar-refractivity contribution in [3.8, 4) is 0 Å². The number of anilines is 1. The Kier molecular flexibility index (Phi) is 3.26. The maximum atomic E-state index is 12.9. The van der Waals surface area contributed by atoms with Crippen molar-refractivity contribution in [1.82, 2.24) is 4.90 Å². The highest BCUT2D eigenvalue weighted by Gasteiger charge is 2.37. The van der Waals surface area contributed by atoms with Gasteiger partial charge in [-0.15, -0.1) is 0 Å². The smallest absolute Gasteiger partial charge is 0.290 e. The molecule has 0 bridgehead atoms. The molecular weight excluding hydrogens is 267 g/mol. The molecule has 1 aromatic rings. The van der Waals surface area contributed by atoms with E-state index in [1.165, 1.54) is 25.2 Å². The molecule has 2 amide bonds. The molecule has 1 saturated heterocycles. The zero-order valence-corrected chi connectivity index (χ0v) is 10.3. The first-order chi connectivity index (χ1) is 7.99. The molecule has 4 nitrogen and oxygen atoms in total. The first-order valence-corrected chi connectivity index (χ1v) is 5.94. The van der Waals surface area contributed by atoms with E-state index in [-0.39, 0.29) is 16.2 Å². The van der Waals surface area contributed by atoms with Gasteiger partial charge in [-0.3, -0.25) is 14.5 Å². The van der Waals surface area contributed by atoms with Crippen LogP contribution in [0.25, 0.3) is 0 Å². The normalized spacial score (nSPS) is 19.9. The fraction of sp³-hybridized carbons (Fsp3) is 0.200. The van der Waals surface area contributed by atoms with Crippen molar-refractivity contribution in [2.45, 2.75) is 5.37 Å². The molecule has 7 heteroatoms. The molecule has 2 rings (SSSR count). The molecule has 1 atom stereocenters. The number of benzene rings is 1. The molecule has 0 radical (unpaired) electrons. The number of carbonyl (C=O) groups excluding carboxylic acids is 2. The van der Waals surface area contributed by atoms with Crippen LogP contribution in [-0.2, 0) is 4.79 Å². The largest absolute Gasteiger partial charge is 0.365 e. The Bertz CT molecular complexity index is 497. The Hall–Kier alpha value is -1.27. The molecule has 1 aliphatic heterocycles. The molecule has 1 fully saturated rings. The zero-order chi connectivity index (χ0) is 12.6. The fourth-order valence-corrected chi connectivity index (χ4v) is 2.41. The van der Waals surface area contributed by atoms with Crippen LogP contribution in [0, 0.1) is 5.82 Å². The number of nitrogens with one attached hydrogen (secondary N) is 1. The summed E-state index contributed by atoms with van der Waals surface area (Å²) in [4.78, 5) is 23.9. The number of nitrogens with zero attached hydrogens (tertiary/aromatic N) is 1. The third-order valence-corrected chi connectivity index (χ3v) is 3.59. The van der Waals surface area contributed by atoms with Gasteiger partial charge in [0.05, 0.1) is 5.02 Å². The van der Waals surface area contributed by atoms with Gasteiger partial charge in [0.15, 0.2) is 5.37 Å². The molecule has 1 N–H and O–H groups in total. The van der Waals surface area contributed by atoms with Gasteiger partial charge in [-0.05, 0) is 30.0 Å². The molecule has 0 aromatic heterocycles. The Balaban J connectivity index is 2.14. The second kappa shape index (κ2) is 4.54.